The summed E-state index contributed by atoms with van der Waals surface area (Å²) >= 11 is 0. The molecule has 0 unspecified atom stereocenters. The van der Waals surface area contributed by atoms with E-state index in [1.54, 1.807) is 17.0 Å². The number of nitrogens with two attached hydrogens (primary N) is 1. The Bertz CT molecular complexity index is 857. The molecule has 0 spiro atoms. The van der Waals surface area contributed by atoms with Crippen LogP contribution < -0.4 is 5.73 Å². The molecule has 0 radical (unpaired) electrons. The summed E-state index contributed by atoms with van der Waals surface area (Å²) < 4.78 is 1.80. The van der Waals surface area contributed by atoms with Gasteiger partial charge in [-0.2, -0.15) is 5.10 Å². The van der Waals surface area contributed by atoms with Gasteiger partial charge in [0.15, 0.2) is 0 Å². The average molecular weight is 336 g/mol. The summed E-state index contributed by atoms with van der Waals surface area (Å²) in [5.74, 6) is 0.429. The van der Waals surface area contributed by atoms with Gasteiger partial charge in [-0.25, -0.2) is 9.67 Å². The molecule has 0 fully saturated rings. The molecule has 2 rings (SSSR count). The Hall–Kier alpha value is -2.92. The van der Waals surface area contributed by atoms with E-state index in [1.807, 2.05) is 57.3 Å². The molecule has 0 atom stereocenters. The van der Waals surface area contributed by atoms with Crippen LogP contribution in [0.25, 0.3) is 17.3 Å². The molecule has 0 aromatic carbocycles. The van der Waals surface area contributed by atoms with Crippen LogP contribution in [0.4, 0.5) is 5.82 Å². The molecule has 2 aromatic rings. The summed E-state index contributed by atoms with van der Waals surface area (Å²) in [7, 11) is 0. The summed E-state index contributed by atoms with van der Waals surface area (Å²) in [6, 6.07) is 1.86. The molecule has 0 aliphatic rings. The second-order valence-electron chi connectivity index (χ2n) is 5.68. The van der Waals surface area contributed by atoms with Crippen LogP contribution in [0.5, 0.6) is 0 Å². The number of nitrogens with zero attached hydrogens (tertiary/aromatic N) is 3. The van der Waals surface area contributed by atoms with Gasteiger partial charge in [-0.3, -0.25) is 0 Å². The van der Waals surface area contributed by atoms with Crippen molar-refractivity contribution < 1.29 is 5.11 Å². The topological polar surface area (TPSA) is 77.0 Å². The first-order valence-corrected chi connectivity index (χ1v) is 8.06. The van der Waals surface area contributed by atoms with E-state index in [0.29, 0.717) is 5.82 Å². The Morgan fingerprint density at radius 3 is 2.84 bits per heavy atom. The van der Waals surface area contributed by atoms with E-state index in [9.17, 15) is 0 Å². The molecule has 0 amide bonds. The summed E-state index contributed by atoms with van der Waals surface area (Å²) in [5.41, 5.74) is 11.4. The van der Waals surface area contributed by atoms with Gasteiger partial charge in [-0.05, 0) is 38.0 Å². The van der Waals surface area contributed by atoms with E-state index >= 15 is 0 Å². The highest BCUT2D eigenvalue weighted by Gasteiger charge is 2.12. The van der Waals surface area contributed by atoms with Crippen LogP contribution in [0.1, 0.15) is 30.7 Å². The Morgan fingerprint density at radius 2 is 2.20 bits per heavy atom. The van der Waals surface area contributed by atoms with E-state index < -0.39 is 0 Å². The Labute approximate surface area is 148 Å². The van der Waals surface area contributed by atoms with Crippen LogP contribution in [0, 0.1) is 6.92 Å². The molecule has 5 nitrogen and oxygen atoms in total. The molecule has 2 aromatic heterocycles. The van der Waals surface area contributed by atoms with E-state index in [4.69, 9.17) is 10.8 Å². The summed E-state index contributed by atoms with van der Waals surface area (Å²) in [6.07, 6.45) is 13.2. The molecule has 25 heavy (non-hydrogen) atoms. The highest BCUT2D eigenvalue weighted by Crippen LogP contribution is 2.24. The number of aryl methyl sites for hydroxylation is 1. The maximum atomic E-state index is 9.07. The van der Waals surface area contributed by atoms with Crippen LogP contribution in [0.3, 0.4) is 0 Å². The minimum Gasteiger partial charge on any atom is -0.392 e. The lowest BCUT2D eigenvalue weighted by atomic mass is 10.1. The van der Waals surface area contributed by atoms with Crippen molar-refractivity contribution in [2.45, 2.75) is 20.8 Å². The van der Waals surface area contributed by atoms with E-state index in [2.05, 4.69) is 16.7 Å². The predicted molar refractivity (Wildman–Crippen MR) is 104 cm³/mol. The number of rotatable bonds is 6. The van der Waals surface area contributed by atoms with E-state index in [1.165, 1.54) is 0 Å². The van der Waals surface area contributed by atoms with Crippen molar-refractivity contribution in [1.82, 2.24) is 14.8 Å². The maximum absolute atomic E-state index is 9.07. The van der Waals surface area contributed by atoms with E-state index in [-0.39, 0.29) is 6.61 Å². The van der Waals surface area contributed by atoms with Crippen LogP contribution >= 0.6 is 0 Å². The van der Waals surface area contributed by atoms with Crippen LogP contribution in [0.15, 0.2) is 54.9 Å². The monoisotopic (exact) mass is 336 g/mol. The van der Waals surface area contributed by atoms with Crippen molar-refractivity contribution in [1.29, 1.82) is 0 Å². The highest BCUT2D eigenvalue weighted by atomic mass is 16.3. The van der Waals surface area contributed by atoms with Gasteiger partial charge in [-0.15, -0.1) is 0 Å². The summed E-state index contributed by atoms with van der Waals surface area (Å²) in [4.78, 5) is 4.10. The normalized spacial score (nSPS) is 12.8. The predicted octanol–water partition coefficient (Wildman–Crippen LogP) is 3.70. The van der Waals surface area contributed by atoms with Crippen molar-refractivity contribution in [2.75, 3.05) is 12.3 Å². The third-order valence-corrected chi connectivity index (χ3v) is 3.88. The molecule has 0 saturated heterocycles. The lowest BCUT2D eigenvalue weighted by Gasteiger charge is -2.07. The largest absolute Gasteiger partial charge is 0.392 e. The number of aliphatic hydroxyl groups excluding tert-OH is 1. The Morgan fingerprint density at radius 1 is 1.44 bits per heavy atom. The third kappa shape index (κ3) is 4.14. The van der Waals surface area contributed by atoms with Crippen LogP contribution in [0.2, 0.25) is 0 Å². The number of allylic oxidation sites excluding steroid dienone is 5. The molecule has 0 aliphatic carbocycles. The third-order valence-electron chi connectivity index (χ3n) is 3.88. The fourth-order valence-electron chi connectivity index (χ4n) is 2.46. The number of nitrogen functional groups attached to an aromatic ring is 1. The molecule has 0 aliphatic heterocycles. The van der Waals surface area contributed by atoms with Crippen molar-refractivity contribution >= 4 is 17.5 Å². The van der Waals surface area contributed by atoms with Gasteiger partial charge >= 0.3 is 0 Å². The van der Waals surface area contributed by atoms with Crippen LogP contribution in [-0.4, -0.2) is 26.5 Å². The molecule has 0 saturated carbocycles. The minimum atomic E-state index is 0.0558. The standard InChI is InChI=1S/C20H24N4O/c1-5-16(9-7-8-14(3)13-25)18-12-24(23-15(18)4)19-10-11-22-20(21)17(19)6-2/h5-12,25H,2,13H2,1,3-4H3,(H2,21,22)/b9-7-,14-8+,16-5+. The smallest absolute Gasteiger partial charge is 0.132 e. The molecule has 3 N–H and O–H groups in total. The number of pyridine rings is 1. The molecular weight excluding hydrogens is 312 g/mol. The Balaban J connectivity index is 2.43. The lowest BCUT2D eigenvalue weighted by molar-refractivity contribution is 0.331. The van der Waals surface area contributed by atoms with Crippen molar-refractivity contribution in [3.63, 3.8) is 0 Å². The van der Waals surface area contributed by atoms with Crippen LogP contribution in [-0.2, 0) is 0 Å². The van der Waals surface area contributed by atoms with Gasteiger partial charge in [0, 0.05) is 23.5 Å². The second-order valence-corrected chi connectivity index (χ2v) is 5.68. The summed E-state index contributed by atoms with van der Waals surface area (Å²) in [5, 5.41) is 13.7. The maximum Gasteiger partial charge on any atom is 0.132 e. The van der Waals surface area contributed by atoms with Gasteiger partial charge in [0.25, 0.3) is 0 Å². The Kier molecular flexibility index (Phi) is 6.08. The fourth-order valence-corrected chi connectivity index (χ4v) is 2.46. The SMILES string of the molecule is C=Cc1c(-n2cc(C(/C=C\C=C(/C)CO)=C/C)c(C)n2)ccnc1N. The first-order chi connectivity index (χ1) is 12.0. The molecule has 5 heteroatoms. The number of hydrogen-bond acceptors (Lipinski definition) is 4. The number of aliphatic hydroxyl groups is 1. The summed E-state index contributed by atoms with van der Waals surface area (Å²) in [6.45, 7) is 9.70. The van der Waals surface area contributed by atoms with Gasteiger partial charge in [0.1, 0.15) is 5.82 Å². The average Bonchev–Trinajstić information content (AvgIpc) is 2.99. The molecule has 2 heterocycles. The fraction of sp³-hybridized carbons (Fsp3) is 0.200. The molecular formula is C20H24N4O. The zero-order valence-corrected chi connectivity index (χ0v) is 14.9. The number of anilines is 1. The number of aromatic nitrogens is 3. The lowest BCUT2D eigenvalue weighted by Crippen LogP contribution is -2.02. The van der Waals surface area contributed by atoms with Gasteiger partial charge in [-0.1, -0.05) is 37.0 Å². The van der Waals surface area contributed by atoms with Crippen molar-refractivity contribution in [2.24, 2.45) is 0 Å². The first-order valence-electron chi connectivity index (χ1n) is 8.06. The molecule has 130 valence electrons. The van der Waals surface area contributed by atoms with Gasteiger partial charge in [0.05, 0.1) is 18.0 Å². The minimum absolute atomic E-state index is 0.0558. The quantitative estimate of drug-likeness (QED) is 0.789. The first kappa shape index (κ1) is 18.4. The van der Waals surface area contributed by atoms with Crippen molar-refractivity contribution in [3.8, 4) is 5.69 Å². The van der Waals surface area contributed by atoms with E-state index in [0.717, 1.165) is 33.7 Å². The molecule has 0 bridgehead atoms. The number of hydrogen-bond donors (Lipinski definition) is 2. The van der Waals surface area contributed by atoms with Gasteiger partial charge in [0.2, 0.25) is 0 Å². The zero-order valence-electron chi connectivity index (χ0n) is 14.9. The van der Waals surface area contributed by atoms with Gasteiger partial charge < -0.3 is 10.8 Å². The second kappa shape index (κ2) is 8.26. The van der Waals surface area contributed by atoms with Crippen molar-refractivity contribution in [3.05, 3.63) is 71.7 Å². The highest BCUT2D eigenvalue weighted by molar-refractivity contribution is 5.76. The zero-order chi connectivity index (χ0) is 18.4.